The quantitative estimate of drug-likeness (QED) is 0.715. The summed E-state index contributed by atoms with van der Waals surface area (Å²) in [5, 5.41) is 18.9. The van der Waals surface area contributed by atoms with Crippen LogP contribution < -0.4 is 0 Å². The molecule has 6 heteroatoms. The number of β-amino-alcohol motifs (C(OH)–C–C–N with tert-alkyl or cyclic N) is 2. The third-order valence-electron chi connectivity index (χ3n) is 3.85. The van der Waals surface area contributed by atoms with E-state index in [2.05, 4.69) is 0 Å². The molecule has 2 aliphatic rings. The lowest BCUT2D eigenvalue weighted by Crippen LogP contribution is -2.38. The normalized spacial score (nSPS) is 26.4. The molecule has 2 amide bonds. The Hall–Kier alpha value is -1.76. The van der Waals surface area contributed by atoms with Gasteiger partial charge in [-0.3, -0.25) is 19.4 Å². The zero-order valence-electron chi connectivity index (χ0n) is 10.9. The molecule has 0 saturated carbocycles. The van der Waals surface area contributed by atoms with Gasteiger partial charge in [0.05, 0.1) is 23.3 Å². The number of imide groups is 1. The number of amides is 2. The highest BCUT2D eigenvalue weighted by Crippen LogP contribution is 2.22. The number of carbonyl (C=O) groups excluding carboxylic acids is 2. The number of aliphatic hydroxyl groups is 2. The van der Waals surface area contributed by atoms with Gasteiger partial charge in [-0.1, -0.05) is 12.1 Å². The molecule has 6 nitrogen and oxygen atoms in total. The van der Waals surface area contributed by atoms with Crippen molar-refractivity contribution in [1.29, 1.82) is 0 Å². The Morgan fingerprint density at radius 1 is 0.950 bits per heavy atom. The maximum Gasteiger partial charge on any atom is 0.261 e. The zero-order chi connectivity index (χ0) is 14.3. The summed E-state index contributed by atoms with van der Waals surface area (Å²) in [6.45, 7) is 1.46. The third kappa shape index (κ3) is 2.11. The van der Waals surface area contributed by atoms with E-state index in [1.54, 1.807) is 24.3 Å². The standard InChI is InChI=1S/C14H16N2O4/c17-11-7-15(8-12(11)18)5-6-16-13(19)9-3-1-2-4-10(9)14(16)20/h1-4,11-12,17-18H,5-8H2. The van der Waals surface area contributed by atoms with E-state index in [9.17, 15) is 19.8 Å². The number of hydrogen-bond acceptors (Lipinski definition) is 5. The van der Waals surface area contributed by atoms with Crippen LogP contribution in [-0.4, -0.2) is 70.2 Å². The van der Waals surface area contributed by atoms with Crippen LogP contribution in [0.15, 0.2) is 24.3 Å². The SMILES string of the molecule is O=C1c2ccccc2C(=O)N1CCN1CC(O)C(O)C1. The van der Waals surface area contributed by atoms with Crippen molar-refractivity contribution in [3.05, 3.63) is 35.4 Å². The van der Waals surface area contributed by atoms with Crippen LogP contribution in [0.2, 0.25) is 0 Å². The van der Waals surface area contributed by atoms with E-state index in [0.717, 1.165) is 0 Å². The van der Waals surface area contributed by atoms with Crippen LogP contribution >= 0.6 is 0 Å². The average molecular weight is 276 g/mol. The van der Waals surface area contributed by atoms with E-state index in [1.165, 1.54) is 4.90 Å². The zero-order valence-corrected chi connectivity index (χ0v) is 10.9. The van der Waals surface area contributed by atoms with Crippen molar-refractivity contribution in [3.63, 3.8) is 0 Å². The molecule has 0 bridgehead atoms. The number of rotatable bonds is 3. The second-order valence-electron chi connectivity index (χ2n) is 5.20. The number of likely N-dealkylation sites (tertiary alicyclic amines) is 1. The summed E-state index contributed by atoms with van der Waals surface area (Å²) in [5.41, 5.74) is 0.887. The number of benzene rings is 1. The molecule has 2 aliphatic heterocycles. The Morgan fingerprint density at radius 2 is 1.45 bits per heavy atom. The first-order chi connectivity index (χ1) is 9.58. The van der Waals surface area contributed by atoms with Crippen molar-refractivity contribution in [2.24, 2.45) is 0 Å². The van der Waals surface area contributed by atoms with Gasteiger partial charge in [0.1, 0.15) is 0 Å². The van der Waals surface area contributed by atoms with Gasteiger partial charge in [0.15, 0.2) is 0 Å². The molecule has 0 radical (unpaired) electrons. The minimum atomic E-state index is -0.753. The largest absolute Gasteiger partial charge is 0.389 e. The van der Waals surface area contributed by atoms with Gasteiger partial charge < -0.3 is 10.2 Å². The Morgan fingerprint density at radius 3 is 1.95 bits per heavy atom. The van der Waals surface area contributed by atoms with Crippen LogP contribution in [0, 0.1) is 0 Å². The first kappa shape index (κ1) is 13.2. The summed E-state index contributed by atoms with van der Waals surface area (Å²) in [6, 6.07) is 6.78. The minimum absolute atomic E-state index is 0.270. The second kappa shape index (κ2) is 4.97. The summed E-state index contributed by atoms with van der Waals surface area (Å²) in [5.74, 6) is -0.545. The maximum absolute atomic E-state index is 12.1. The molecule has 1 saturated heterocycles. The molecule has 1 aromatic rings. The molecular formula is C14H16N2O4. The molecule has 2 atom stereocenters. The molecule has 3 rings (SSSR count). The molecule has 2 heterocycles. The van der Waals surface area contributed by atoms with E-state index in [4.69, 9.17) is 0 Å². The predicted molar refractivity (Wildman–Crippen MR) is 70.3 cm³/mol. The summed E-state index contributed by atoms with van der Waals surface area (Å²) in [7, 11) is 0. The lowest BCUT2D eigenvalue weighted by Gasteiger charge is -2.19. The van der Waals surface area contributed by atoms with Gasteiger partial charge in [0.25, 0.3) is 11.8 Å². The molecule has 0 aromatic heterocycles. The molecule has 0 aliphatic carbocycles. The van der Waals surface area contributed by atoms with E-state index in [1.807, 2.05) is 4.90 Å². The molecule has 2 unspecified atom stereocenters. The van der Waals surface area contributed by atoms with Gasteiger partial charge in [-0.25, -0.2) is 0 Å². The minimum Gasteiger partial charge on any atom is -0.389 e. The monoisotopic (exact) mass is 276 g/mol. The summed E-state index contributed by atoms with van der Waals surface area (Å²) >= 11 is 0. The first-order valence-electron chi connectivity index (χ1n) is 6.61. The van der Waals surface area contributed by atoms with E-state index in [0.29, 0.717) is 30.8 Å². The summed E-state index contributed by atoms with van der Waals surface area (Å²) in [6.07, 6.45) is -1.51. The van der Waals surface area contributed by atoms with Crippen molar-refractivity contribution in [3.8, 4) is 0 Å². The van der Waals surface area contributed by atoms with Crippen LogP contribution in [0.25, 0.3) is 0 Å². The Balaban J connectivity index is 1.66. The van der Waals surface area contributed by atoms with Crippen LogP contribution in [0.5, 0.6) is 0 Å². The third-order valence-corrected chi connectivity index (χ3v) is 3.85. The number of carbonyl (C=O) groups is 2. The van der Waals surface area contributed by atoms with Crippen LogP contribution in [0.1, 0.15) is 20.7 Å². The fourth-order valence-electron chi connectivity index (χ4n) is 2.71. The summed E-state index contributed by atoms with van der Waals surface area (Å²) < 4.78 is 0. The maximum atomic E-state index is 12.1. The van der Waals surface area contributed by atoms with Crippen LogP contribution in [0.3, 0.4) is 0 Å². The highest BCUT2D eigenvalue weighted by Gasteiger charge is 2.36. The van der Waals surface area contributed by atoms with Gasteiger partial charge in [-0.15, -0.1) is 0 Å². The number of fused-ring (bicyclic) bond motifs is 1. The topological polar surface area (TPSA) is 81.1 Å². The van der Waals surface area contributed by atoms with Gasteiger partial charge in [0.2, 0.25) is 0 Å². The Bertz CT molecular complexity index is 515. The summed E-state index contributed by atoms with van der Waals surface area (Å²) in [4.78, 5) is 27.3. The predicted octanol–water partition coefficient (Wildman–Crippen LogP) is -0.680. The fraction of sp³-hybridized carbons (Fsp3) is 0.429. The molecule has 1 fully saturated rings. The molecule has 20 heavy (non-hydrogen) atoms. The fourth-order valence-corrected chi connectivity index (χ4v) is 2.71. The molecule has 1 aromatic carbocycles. The van der Waals surface area contributed by atoms with Crippen molar-refractivity contribution < 1.29 is 19.8 Å². The lowest BCUT2D eigenvalue weighted by molar-refractivity contribution is 0.0572. The smallest absolute Gasteiger partial charge is 0.261 e. The highest BCUT2D eigenvalue weighted by atomic mass is 16.3. The Labute approximate surface area is 116 Å². The Kier molecular flexibility index (Phi) is 3.29. The average Bonchev–Trinajstić information content (AvgIpc) is 2.88. The van der Waals surface area contributed by atoms with Gasteiger partial charge in [-0.05, 0) is 12.1 Å². The number of hydrogen-bond donors (Lipinski definition) is 2. The van der Waals surface area contributed by atoms with Crippen molar-refractivity contribution in [1.82, 2.24) is 9.80 Å². The van der Waals surface area contributed by atoms with Crippen molar-refractivity contribution in [2.75, 3.05) is 26.2 Å². The number of nitrogens with zero attached hydrogens (tertiary/aromatic N) is 2. The van der Waals surface area contributed by atoms with Crippen molar-refractivity contribution >= 4 is 11.8 Å². The van der Waals surface area contributed by atoms with E-state index < -0.39 is 12.2 Å². The van der Waals surface area contributed by atoms with Crippen molar-refractivity contribution in [2.45, 2.75) is 12.2 Å². The van der Waals surface area contributed by atoms with E-state index in [-0.39, 0.29) is 18.4 Å². The molecule has 0 spiro atoms. The van der Waals surface area contributed by atoms with Gasteiger partial charge in [-0.2, -0.15) is 0 Å². The molecular weight excluding hydrogens is 260 g/mol. The molecule has 106 valence electrons. The second-order valence-corrected chi connectivity index (χ2v) is 5.20. The van der Waals surface area contributed by atoms with E-state index >= 15 is 0 Å². The van der Waals surface area contributed by atoms with Gasteiger partial charge >= 0.3 is 0 Å². The van der Waals surface area contributed by atoms with Crippen LogP contribution in [0.4, 0.5) is 0 Å². The molecule has 2 N–H and O–H groups in total. The van der Waals surface area contributed by atoms with Crippen LogP contribution in [-0.2, 0) is 0 Å². The lowest BCUT2D eigenvalue weighted by atomic mass is 10.1. The number of aliphatic hydroxyl groups excluding tert-OH is 2. The first-order valence-corrected chi connectivity index (χ1v) is 6.61. The highest BCUT2D eigenvalue weighted by molar-refractivity contribution is 6.21. The van der Waals surface area contributed by atoms with Gasteiger partial charge in [0, 0.05) is 26.2 Å².